The molecule has 10 heteroatoms. The summed E-state index contributed by atoms with van der Waals surface area (Å²) in [5, 5.41) is 2.55. The molecule has 0 spiro atoms. The first-order valence-electron chi connectivity index (χ1n) is 11.0. The SMILES string of the molecule is CCC[C@@H]1C[C@H](N(C)C)CC[C@@H]1N1CC[C@H](NC(=O)C2C=CN=CN2C(F)(F)F)C1=O. The molecule has 0 aromatic carbocycles. The lowest BCUT2D eigenvalue weighted by Gasteiger charge is -2.43. The van der Waals surface area contributed by atoms with Crippen LogP contribution in [0.3, 0.4) is 0 Å². The molecule has 5 atom stereocenters. The Hall–Kier alpha value is -2.10. The number of halogens is 3. The van der Waals surface area contributed by atoms with Gasteiger partial charge in [0, 0.05) is 24.8 Å². The Morgan fingerprint density at radius 3 is 2.68 bits per heavy atom. The topological polar surface area (TPSA) is 68.2 Å². The van der Waals surface area contributed by atoms with Crippen LogP contribution in [0.4, 0.5) is 13.2 Å². The van der Waals surface area contributed by atoms with Crippen LogP contribution in [0, 0.1) is 5.92 Å². The van der Waals surface area contributed by atoms with Gasteiger partial charge in [-0.15, -0.1) is 0 Å². The van der Waals surface area contributed by atoms with Gasteiger partial charge in [-0.3, -0.25) is 14.5 Å². The van der Waals surface area contributed by atoms with E-state index in [0.29, 0.717) is 31.3 Å². The predicted molar refractivity (Wildman–Crippen MR) is 111 cm³/mol. The van der Waals surface area contributed by atoms with E-state index in [4.69, 9.17) is 0 Å². The number of carbonyl (C=O) groups is 2. The maximum absolute atomic E-state index is 13.2. The van der Waals surface area contributed by atoms with Crippen molar-refractivity contribution in [1.29, 1.82) is 0 Å². The molecule has 174 valence electrons. The minimum atomic E-state index is -4.74. The van der Waals surface area contributed by atoms with Crippen molar-refractivity contribution in [3.63, 3.8) is 0 Å². The van der Waals surface area contributed by atoms with E-state index in [1.54, 1.807) is 0 Å². The number of hydrogen-bond donors (Lipinski definition) is 1. The molecule has 2 fully saturated rings. The van der Waals surface area contributed by atoms with Crippen LogP contribution in [0.5, 0.6) is 0 Å². The number of rotatable bonds is 6. The molecule has 1 unspecified atom stereocenters. The summed E-state index contributed by atoms with van der Waals surface area (Å²) in [6.45, 7) is 2.66. The lowest BCUT2D eigenvalue weighted by Crippen LogP contribution is -2.55. The molecular weight excluding hydrogens is 411 g/mol. The average molecular weight is 444 g/mol. The Labute approximate surface area is 181 Å². The highest BCUT2D eigenvalue weighted by Gasteiger charge is 2.46. The molecule has 3 rings (SSSR count). The van der Waals surface area contributed by atoms with Gasteiger partial charge >= 0.3 is 6.30 Å². The molecule has 1 aliphatic carbocycles. The largest absolute Gasteiger partial charge is 0.486 e. The highest BCUT2D eigenvalue weighted by atomic mass is 19.4. The Kier molecular flexibility index (Phi) is 7.28. The van der Waals surface area contributed by atoms with E-state index in [2.05, 4.69) is 36.2 Å². The second-order valence-corrected chi connectivity index (χ2v) is 8.85. The molecule has 0 aromatic rings. The number of nitrogens with zero attached hydrogens (tertiary/aromatic N) is 4. The summed E-state index contributed by atoms with van der Waals surface area (Å²) in [7, 11) is 4.16. The number of amides is 2. The van der Waals surface area contributed by atoms with Crippen molar-refractivity contribution in [2.24, 2.45) is 10.9 Å². The van der Waals surface area contributed by atoms with E-state index in [1.807, 2.05) is 4.90 Å². The van der Waals surface area contributed by atoms with Gasteiger partial charge in [0.2, 0.25) is 11.8 Å². The van der Waals surface area contributed by atoms with Crippen molar-refractivity contribution in [3.05, 3.63) is 12.3 Å². The average Bonchev–Trinajstić information content (AvgIpc) is 3.07. The van der Waals surface area contributed by atoms with E-state index in [0.717, 1.165) is 44.4 Å². The summed E-state index contributed by atoms with van der Waals surface area (Å²) in [4.78, 5) is 33.2. The molecule has 0 radical (unpaired) electrons. The third kappa shape index (κ3) is 5.22. The quantitative estimate of drug-likeness (QED) is 0.640. The number of carbonyl (C=O) groups excluding carboxylic acids is 2. The van der Waals surface area contributed by atoms with Crippen LogP contribution >= 0.6 is 0 Å². The van der Waals surface area contributed by atoms with Crippen LogP contribution in [0.2, 0.25) is 0 Å². The fraction of sp³-hybridized carbons (Fsp3) is 0.762. The van der Waals surface area contributed by atoms with Gasteiger partial charge in [-0.05, 0) is 58.2 Å². The van der Waals surface area contributed by atoms with Crippen LogP contribution < -0.4 is 5.32 Å². The van der Waals surface area contributed by atoms with Gasteiger partial charge in [-0.2, -0.15) is 13.2 Å². The first-order valence-corrected chi connectivity index (χ1v) is 11.0. The van der Waals surface area contributed by atoms with Gasteiger partial charge in [0.05, 0.1) is 6.34 Å². The Morgan fingerprint density at radius 2 is 2.03 bits per heavy atom. The van der Waals surface area contributed by atoms with Crippen LogP contribution in [-0.2, 0) is 9.59 Å². The van der Waals surface area contributed by atoms with Crippen molar-refractivity contribution in [2.45, 2.75) is 75.9 Å². The van der Waals surface area contributed by atoms with Crippen molar-refractivity contribution in [3.8, 4) is 0 Å². The molecule has 0 aromatic heterocycles. The number of likely N-dealkylation sites (tertiary alicyclic amines) is 1. The van der Waals surface area contributed by atoms with Crippen LogP contribution in [0.1, 0.15) is 45.4 Å². The van der Waals surface area contributed by atoms with Gasteiger partial charge in [0.1, 0.15) is 12.1 Å². The normalized spacial score (nSPS) is 31.6. The van der Waals surface area contributed by atoms with Gasteiger partial charge < -0.3 is 15.1 Å². The van der Waals surface area contributed by atoms with Gasteiger partial charge in [0.25, 0.3) is 0 Å². The second kappa shape index (κ2) is 9.58. The fourth-order valence-corrected chi connectivity index (χ4v) is 5.05. The molecule has 31 heavy (non-hydrogen) atoms. The van der Waals surface area contributed by atoms with Gasteiger partial charge in [-0.25, -0.2) is 4.99 Å². The lowest BCUT2D eigenvalue weighted by molar-refractivity contribution is -0.223. The summed E-state index contributed by atoms with van der Waals surface area (Å²) >= 11 is 0. The summed E-state index contributed by atoms with van der Waals surface area (Å²) < 4.78 is 39.6. The summed E-state index contributed by atoms with van der Waals surface area (Å²) in [6.07, 6.45) is 3.51. The molecule has 0 bridgehead atoms. The van der Waals surface area contributed by atoms with Crippen molar-refractivity contribution < 1.29 is 22.8 Å². The minimum Gasteiger partial charge on any atom is -0.342 e. The van der Waals surface area contributed by atoms with Gasteiger partial charge in [0.15, 0.2) is 0 Å². The van der Waals surface area contributed by atoms with Crippen LogP contribution in [0.25, 0.3) is 0 Å². The second-order valence-electron chi connectivity index (χ2n) is 8.85. The van der Waals surface area contributed by atoms with Crippen LogP contribution in [0.15, 0.2) is 17.3 Å². The zero-order valence-electron chi connectivity index (χ0n) is 18.3. The van der Waals surface area contributed by atoms with E-state index in [-0.39, 0.29) is 16.8 Å². The van der Waals surface area contributed by atoms with Crippen LogP contribution in [-0.4, -0.2) is 84.0 Å². The lowest BCUT2D eigenvalue weighted by atomic mass is 9.78. The fourth-order valence-electron chi connectivity index (χ4n) is 5.05. The highest BCUT2D eigenvalue weighted by Crippen LogP contribution is 2.35. The zero-order valence-corrected chi connectivity index (χ0v) is 18.3. The maximum Gasteiger partial charge on any atom is 0.486 e. The molecule has 7 nitrogen and oxygen atoms in total. The molecule has 2 heterocycles. The molecule has 1 saturated carbocycles. The molecule has 1 N–H and O–H groups in total. The van der Waals surface area contributed by atoms with Crippen molar-refractivity contribution in [1.82, 2.24) is 20.0 Å². The predicted octanol–water partition coefficient (Wildman–Crippen LogP) is 2.35. The summed E-state index contributed by atoms with van der Waals surface area (Å²) in [6, 6.07) is -1.74. The Balaban J connectivity index is 1.65. The van der Waals surface area contributed by atoms with E-state index >= 15 is 0 Å². The minimum absolute atomic E-state index is 0.0562. The maximum atomic E-state index is 13.2. The Bertz CT molecular complexity index is 724. The number of hydrogen-bond acceptors (Lipinski definition) is 5. The monoisotopic (exact) mass is 443 g/mol. The number of alkyl halides is 3. The third-order valence-electron chi connectivity index (χ3n) is 6.67. The van der Waals surface area contributed by atoms with Crippen molar-refractivity contribution in [2.75, 3.05) is 20.6 Å². The summed E-state index contributed by atoms with van der Waals surface area (Å²) in [5.74, 6) is -0.640. The number of aliphatic imine (C=N–C) groups is 1. The highest BCUT2D eigenvalue weighted by molar-refractivity contribution is 5.93. The number of nitrogens with one attached hydrogen (secondary N) is 1. The molecule has 1 saturated heterocycles. The summed E-state index contributed by atoms with van der Waals surface area (Å²) in [5.41, 5.74) is 0. The molecule has 2 amide bonds. The molecule has 3 aliphatic rings. The standard InChI is InChI=1S/C21H32F3N5O2/c1-4-5-14-12-15(27(2)3)6-7-17(14)28-11-9-16(20(28)31)26-19(30)18-8-10-25-13-29(18)21(22,23)24/h8,10,13-18H,4-7,9,11-12H2,1-3H3,(H,26,30)/t14-,15-,16+,17+,18?/m1/s1. The third-order valence-corrected chi connectivity index (χ3v) is 6.67. The first kappa shape index (κ1) is 23.6. The molecular formula is C21H32F3N5O2. The first-order chi connectivity index (χ1) is 14.6. The van der Waals surface area contributed by atoms with E-state index in [1.165, 1.54) is 0 Å². The van der Waals surface area contributed by atoms with Crippen molar-refractivity contribution >= 4 is 18.2 Å². The molecule has 2 aliphatic heterocycles. The van der Waals surface area contributed by atoms with E-state index < -0.39 is 24.3 Å². The van der Waals surface area contributed by atoms with E-state index in [9.17, 15) is 22.8 Å². The smallest absolute Gasteiger partial charge is 0.342 e. The van der Waals surface area contributed by atoms with Gasteiger partial charge in [-0.1, -0.05) is 13.3 Å². The Morgan fingerprint density at radius 1 is 1.29 bits per heavy atom. The zero-order chi connectivity index (χ0) is 22.8.